The molecular weight excluding hydrogens is 271 g/mol. The summed E-state index contributed by atoms with van der Waals surface area (Å²) in [6.45, 7) is 0. The summed E-state index contributed by atoms with van der Waals surface area (Å²) in [6.07, 6.45) is 5.88. The lowest BCUT2D eigenvalue weighted by molar-refractivity contribution is -0.122. The number of hydrogen-bond acceptors (Lipinski definition) is 4. The van der Waals surface area contributed by atoms with Crippen molar-refractivity contribution in [1.82, 2.24) is 9.97 Å². The number of nitrogens with one attached hydrogen (secondary N) is 1. The number of halogens is 2. The molecule has 0 radical (unpaired) electrons. The van der Waals surface area contributed by atoms with E-state index in [1.165, 1.54) is 0 Å². The van der Waals surface area contributed by atoms with E-state index >= 15 is 0 Å². The number of amides is 1. The molecule has 1 fully saturated rings. The molecule has 19 heavy (non-hydrogen) atoms. The molecule has 0 saturated heterocycles. The molecule has 3 rings (SSSR count). The van der Waals surface area contributed by atoms with Crippen LogP contribution in [-0.4, -0.2) is 21.9 Å². The van der Waals surface area contributed by atoms with Crippen LogP contribution in [0.3, 0.4) is 0 Å². The molecular formula is C12H12ClFN4O. The third-order valence-electron chi connectivity index (χ3n) is 3.81. The molecule has 5 nitrogen and oxygen atoms in total. The van der Waals surface area contributed by atoms with E-state index in [0.717, 1.165) is 12.6 Å². The second-order valence-electron chi connectivity index (χ2n) is 4.88. The standard InChI is InChI=1S/C12H12ClFN4O/c13-12-16-4-7(14)11(18-12)17-9-6-2-1-5(3-6)8(9)10(15)19/h1-2,4-6,8-9H,3H2,(H2,15,19)(H,16,17,18)/t5-,6-,8?,9?/m1/s1. The minimum Gasteiger partial charge on any atom is -0.369 e. The molecule has 2 unspecified atom stereocenters. The van der Waals surface area contributed by atoms with E-state index in [0.29, 0.717) is 0 Å². The zero-order valence-corrected chi connectivity index (χ0v) is 10.6. The van der Waals surface area contributed by atoms with Crippen molar-refractivity contribution in [2.24, 2.45) is 23.5 Å². The van der Waals surface area contributed by atoms with Crippen molar-refractivity contribution < 1.29 is 9.18 Å². The average Bonchev–Trinajstić information content (AvgIpc) is 2.94. The summed E-state index contributed by atoms with van der Waals surface area (Å²) in [5.74, 6) is -1.02. The quantitative estimate of drug-likeness (QED) is 0.648. The summed E-state index contributed by atoms with van der Waals surface area (Å²) in [5.41, 5.74) is 5.43. The Bertz CT molecular complexity index is 565. The number of nitrogens with zero attached hydrogens (tertiary/aromatic N) is 2. The summed E-state index contributed by atoms with van der Waals surface area (Å²) in [7, 11) is 0. The van der Waals surface area contributed by atoms with Crippen molar-refractivity contribution in [1.29, 1.82) is 0 Å². The van der Waals surface area contributed by atoms with E-state index in [9.17, 15) is 9.18 Å². The van der Waals surface area contributed by atoms with Crippen LogP contribution in [0.5, 0.6) is 0 Å². The number of primary amides is 1. The van der Waals surface area contributed by atoms with Crippen molar-refractivity contribution in [2.75, 3.05) is 5.32 Å². The Kier molecular flexibility index (Phi) is 2.89. The van der Waals surface area contributed by atoms with Crippen LogP contribution in [-0.2, 0) is 4.79 Å². The number of allylic oxidation sites excluding steroid dienone is 1. The van der Waals surface area contributed by atoms with E-state index in [1.807, 2.05) is 12.2 Å². The summed E-state index contributed by atoms with van der Waals surface area (Å²) in [6, 6.07) is -0.243. The van der Waals surface area contributed by atoms with Gasteiger partial charge in [0.2, 0.25) is 11.2 Å². The van der Waals surface area contributed by atoms with Crippen LogP contribution in [0, 0.1) is 23.6 Å². The highest BCUT2D eigenvalue weighted by Crippen LogP contribution is 2.44. The normalized spacial score (nSPS) is 31.7. The number of nitrogens with two attached hydrogens (primary N) is 1. The molecule has 0 aliphatic heterocycles. The highest BCUT2D eigenvalue weighted by Gasteiger charge is 2.47. The maximum Gasteiger partial charge on any atom is 0.224 e. The number of carbonyl (C=O) groups is 1. The first-order valence-electron chi connectivity index (χ1n) is 5.98. The third-order valence-corrected chi connectivity index (χ3v) is 3.99. The fraction of sp³-hybridized carbons (Fsp3) is 0.417. The molecule has 0 aromatic carbocycles. The molecule has 1 amide bonds. The molecule has 1 saturated carbocycles. The first kappa shape index (κ1) is 12.3. The molecule has 1 aromatic rings. The lowest BCUT2D eigenvalue weighted by atomic mass is 9.88. The van der Waals surface area contributed by atoms with Crippen molar-refractivity contribution >= 4 is 23.3 Å². The van der Waals surface area contributed by atoms with Gasteiger partial charge in [0.15, 0.2) is 11.6 Å². The lowest BCUT2D eigenvalue weighted by Gasteiger charge is -2.27. The summed E-state index contributed by atoms with van der Waals surface area (Å²) >= 11 is 5.65. The van der Waals surface area contributed by atoms with Gasteiger partial charge < -0.3 is 11.1 Å². The van der Waals surface area contributed by atoms with Gasteiger partial charge in [-0.3, -0.25) is 4.79 Å². The van der Waals surface area contributed by atoms with Crippen LogP contribution < -0.4 is 11.1 Å². The average molecular weight is 283 g/mol. The maximum absolute atomic E-state index is 13.6. The summed E-state index contributed by atoms with van der Waals surface area (Å²) in [5, 5.41) is 2.91. The lowest BCUT2D eigenvalue weighted by Crippen LogP contribution is -2.41. The number of aromatic nitrogens is 2. The van der Waals surface area contributed by atoms with Gasteiger partial charge in [0.1, 0.15) is 0 Å². The predicted molar refractivity (Wildman–Crippen MR) is 67.8 cm³/mol. The number of rotatable bonds is 3. The van der Waals surface area contributed by atoms with Gasteiger partial charge >= 0.3 is 0 Å². The fourth-order valence-electron chi connectivity index (χ4n) is 3.01. The Morgan fingerprint density at radius 2 is 2.21 bits per heavy atom. The molecule has 7 heteroatoms. The Balaban J connectivity index is 1.88. The highest BCUT2D eigenvalue weighted by atomic mass is 35.5. The Hall–Kier alpha value is -1.69. The van der Waals surface area contributed by atoms with Gasteiger partial charge in [0, 0.05) is 6.04 Å². The number of hydrogen-bond donors (Lipinski definition) is 2. The van der Waals surface area contributed by atoms with Crippen LogP contribution >= 0.6 is 11.6 Å². The van der Waals surface area contributed by atoms with Gasteiger partial charge in [-0.05, 0) is 29.9 Å². The van der Waals surface area contributed by atoms with E-state index in [1.54, 1.807) is 0 Å². The zero-order valence-electron chi connectivity index (χ0n) is 9.88. The van der Waals surface area contributed by atoms with E-state index < -0.39 is 5.82 Å². The highest BCUT2D eigenvalue weighted by molar-refractivity contribution is 6.28. The monoisotopic (exact) mass is 282 g/mol. The minimum absolute atomic E-state index is 0.0113. The van der Waals surface area contributed by atoms with Crippen LogP contribution in [0.25, 0.3) is 0 Å². The van der Waals surface area contributed by atoms with Gasteiger partial charge in [-0.25, -0.2) is 9.37 Å². The number of carbonyl (C=O) groups excluding carboxylic acids is 1. The molecule has 1 aromatic heterocycles. The Morgan fingerprint density at radius 3 is 2.95 bits per heavy atom. The SMILES string of the molecule is NC(=O)C1C(Nc2nc(Cl)ncc2F)[C@@H]2C=C[C@@H]1C2. The molecule has 2 aliphatic carbocycles. The topological polar surface area (TPSA) is 80.9 Å². The second-order valence-corrected chi connectivity index (χ2v) is 5.22. The second kappa shape index (κ2) is 4.45. The molecule has 4 atom stereocenters. The third kappa shape index (κ3) is 2.06. The van der Waals surface area contributed by atoms with Crippen LogP contribution in [0.1, 0.15) is 6.42 Å². The fourth-order valence-corrected chi connectivity index (χ4v) is 3.14. The van der Waals surface area contributed by atoms with Crippen LogP contribution in [0.4, 0.5) is 10.2 Å². The van der Waals surface area contributed by atoms with Gasteiger partial charge in [-0.15, -0.1) is 0 Å². The Labute approximate surface area is 114 Å². The van der Waals surface area contributed by atoms with Crippen LogP contribution in [0.15, 0.2) is 18.3 Å². The zero-order chi connectivity index (χ0) is 13.6. The van der Waals surface area contributed by atoms with Crippen molar-refractivity contribution in [2.45, 2.75) is 12.5 Å². The van der Waals surface area contributed by atoms with E-state index in [-0.39, 0.29) is 40.8 Å². The number of fused-ring (bicyclic) bond motifs is 2. The smallest absolute Gasteiger partial charge is 0.224 e. The molecule has 2 bridgehead atoms. The van der Waals surface area contributed by atoms with Gasteiger partial charge in [0.05, 0.1) is 12.1 Å². The van der Waals surface area contributed by atoms with Crippen molar-refractivity contribution in [3.05, 3.63) is 29.4 Å². The largest absolute Gasteiger partial charge is 0.369 e. The first-order valence-corrected chi connectivity index (χ1v) is 6.36. The van der Waals surface area contributed by atoms with Crippen LogP contribution in [0.2, 0.25) is 5.28 Å². The molecule has 0 spiro atoms. The van der Waals surface area contributed by atoms with Gasteiger partial charge in [0.25, 0.3) is 0 Å². The molecule has 3 N–H and O–H groups in total. The maximum atomic E-state index is 13.6. The minimum atomic E-state index is -0.598. The van der Waals surface area contributed by atoms with E-state index in [2.05, 4.69) is 15.3 Å². The molecule has 100 valence electrons. The first-order chi connectivity index (χ1) is 9.06. The van der Waals surface area contributed by atoms with Crippen molar-refractivity contribution in [3.63, 3.8) is 0 Å². The number of anilines is 1. The van der Waals surface area contributed by atoms with Gasteiger partial charge in [-0.2, -0.15) is 4.98 Å². The van der Waals surface area contributed by atoms with Crippen molar-refractivity contribution in [3.8, 4) is 0 Å². The predicted octanol–water partition coefficient (Wildman–Crippen LogP) is 1.36. The summed E-state index contributed by atoms with van der Waals surface area (Å²) in [4.78, 5) is 18.9. The molecule has 2 aliphatic rings. The Morgan fingerprint density at radius 1 is 1.47 bits per heavy atom. The summed E-state index contributed by atoms with van der Waals surface area (Å²) < 4.78 is 13.6. The van der Waals surface area contributed by atoms with E-state index in [4.69, 9.17) is 17.3 Å². The van der Waals surface area contributed by atoms with Gasteiger partial charge in [-0.1, -0.05) is 12.2 Å². The molecule has 1 heterocycles.